The second-order valence-corrected chi connectivity index (χ2v) is 9.58. The van der Waals surface area contributed by atoms with Gasteiger partial charge in [-0.25, -0.2) is 8.42 Å². The van der Waals surface area contributed by atoms with E-state index in [1.54, 1.807) is 10.4 Å². The monoisotopic (exact) mass is 348 g/mol. The molecule has 2 aromatic rings. The minimum absolute atomic E-state index is 0.437. The van der Waals surface area contributed by atoms with Gasteiger partial charge in [-0.05, 0) is 62.1 Å². The fourth-order valence-electron chi connectivity index (χ4n) is 3.44. The smallest absolute Gasteiger partial charge is 0.273 e. The van der Waals surface area contributed by atoms with Gasteiger partial charge in [-0.2, -0.15) is 0 Å². The van der Waals surface area contributed by atoms with E-state index in [-0.39, 0.29) is 0 Å². The number of sulfonamides is 1. The number of thiophene rings is 1. The highest BCUT2D eigenvalue weighted by Gasteiger charge is 2.32. The third-order valence-corrected chi connectivity index (χ3v) is 7.93. The van der Waals surface area contributed by atoms with E-state index < -0.39 is 10.0 Å². The highest BCUT2D eigenvalue weighted by Crippen LogP contribution is 2.37. The Bertz CT molecular complexity index is 836. The molecule has 0 bridgehead atoms. The van der Waals surface area contributed by atoms with Crippen LogP contribution in [-0.2, 0) is 16.4 Å². The van der Waals surface area contributed by atoms with Crippen LogP contribution in [0.15, 0.2) is 34.5 Å². The van der Waals surface area contributed by atoms with Gasteiger partial charge in [0.25, 0.3) is 10.0 Å². The van der Waals surface area contributed by atoms with Gasteiger partial charge in [0.1, 0.15) is 4.21 Å². The number of rotatable bonds is 3. The van der Waals surface area contributed by atoms with Crippen LogP contribution in [0, 0.1) is 6.92 Å². The molecular formula is C17H20N2O2S2. The molecule has 122 valence electrons. The number of aryl methyl sites for hydroxylation is 1. The molecule has 2 aliphatic rings. The van der Waals surface area contributed by atoms with E-state index in [4.69, 9.17) is 0 Å². The van der Waals surface area contributed by atoms with E-state index in [0.717, 1.165) is 35.6 Å². The fourth-order valence-corrected chi connectivity index (χ4v) is 6.34. The van der Waals surface area contributed by atoms with Crippen molar-refractivity contribution in [2.45, 2.75) is 30.4 Å². The van der Waals surface area contributed by atoms with E-state index in [1.807, 2.05) is 19.1 Å². The Labute approximate surface area is 141 Å². The molecular weight excluding hydrogens is 328 g/mol. The largest absolute Gasteiger partial charge is 0.372 e. The Hall–Kier alpha value is -1.53. The molecule has 4 rings (SSSR count). The molecule has 0 aliphatic carbocycles. The molecule has 1 aromatic heterocycles. The summed E-state index contributed by atoms with van der Waals surface area (Å²) in [5, 5.41) is 0. The van der Waals surface area contributed by atoms with Gasteiger partial charge in [0.2, 0.25) is 0 Å². The highest BCUT2D eigenvalue weighted by molar-refractivity contribution is 7.94. The molecule has 0 saturated carbocycles. The number of hydrogen-bond donors (Lipinski definition) is 0. The van der Waals surface area contributed by atoms with Crippen molar-refractivity contribution in [2.75, 3.05) is 28.8 Å². The Morgan fingerprint density at radius 2 is 1.83 bits per heavy atom. The molecule has 23 heavy (non-hydrogen) atoms. The predicted molar refractivity (Wildman–Crippen MR) is 95.2 cm³/mol. The SMILES string of the molecule is Cc1ccc(S(=O)(=O)N2CCc3cc(N4CCCC4)ccc32)s1. The summed E-state index contributed by atoms with van der Waals surface area (Å²) in [6.07, 6.45) is 3.28. The van der Waals surface area contributed by atoms with Gasteiger partial charge >= 0.3 is 0 Å². The van der Waals surface area contributed by atoms with Crippen LogP contribution in [0.4, 0.5) is 11.4 Å². The zero-order valence-corrected chi connectivity index (χ0v) is 14.8. The summed E-state index contributed by atoms with van der Waals surface area (Å²) in [6, 6.07) is 9.80. The molecule has 0 unspecified atom stereocenters. The van der Waals surface area contributed by atoms with Crippen LogP contribution in [0.5, 0.6) is 0 Å². The first-order valence-corrected chi connectivity index (χ1v) is 10.3. The Morgan fingerprint density at radius 3 is 2.52 bits per heavy atom. The topological polar surface area (TPSA) is 40.6 Å². The molecule has 4 nitrogen and oxygen atoms in total. The van der Waals surface area contributed by atoms with Crippen LogP contribution in [0.2, 0.25) is 0 Å². The molecule has 6 heteroatoms. The van der Waals surface area contributed by atoms with Crippen LogP contribution < -0.4 is 9.21 Å². The lowest BCUT2D eigenvalue weighted by Crippen LogP contribution is -2.28. The van der Waals surface area contributed by atoms with Crippen LogP contribution in [0.3, 0.4) is 0 Å². The van der Waals surface area contributed by atoms with Gasteiger partial charge < -0.3 is 4.90 Å². The van der Waals surface area contributed by atoms with Gasteiger partial charge in [0, 0.05) is 30.2 Å². The van der Waals surface area contributed by atoms with E-state index >= 15 is 0 Å². The van der Waals surface area contributed by atoms with Crippen molar-refractivity contribution in [3.05, 3.63) is 40.8 Å². The maximum absolute atomic E-state index is 12.9. The van der Waals surface area contributed by atoms with Crippen molar-refractivity contribution < 1.29 is 8.42 Å². The van der Waals surface area contributed by atoms with Gasteiger partial charge in [-0.1, -0.05) is 0 Å². The second kappa shape index (κ2) is 5.53. The van der Waals surface area contributed by atoms with Crippen molar-refractivity contribution in [1.82, 2.24) is 0 Å². The van der Waals surface area contributed by atoms with Crippen molar-refractivity contribution in [3.8, 4) is 0 Å². The van der Waals surface area contributed by atoms with E-state index in [9.17, 15) is 8.42 Å². The van der Waals surface area contributed by atoms with Crippen molar-refractivity contribution in [1.29, 1.82) is 0 Å². The molecule has 1 aromatic carbocycles. The second-order valence-electron chi connectivity index (χ2n) is 6.20. The highest BCUT2D eigenvalue weighted by atomic mass is 32.2. The summed E-state index contributed by atoms with van der Waals surface area (Å²) < 4.78 is 27.8. The van der Waals surface area contributed by atoms with Gasteiger partial charge in [0.15, 0.2) is 0 Å². The zero-order chi connectivity index (χ0) is 16.0. The first-order valence-electron chi connectivity index (χ1n) is 8.03. The molecule has 0 N–H and O–H groups in total. The first kappa shape index (κ1) is 15.0. The van der Waals surface area contributed by atoms with Gasteiger partial charge in [0.05, 0.1) is 5.69 Å². The third kappa shape index (κ3) is 2.54. The van der Waals surface area contributed by atoms with Gasteiger partial charge in [-0.15, -0.1) is 11.3 Å². The van der Waals surface area contributed by atoms with Crippen LogP contribution >= 0.6 is 11.3 Å². The minimum atomic E-state index is -3.42. The van der Waals surface area contributed by atoms with Crippen molar-refractivity contribution >= 4 is 32.7 Å². The maximum atomic E-state index is 12.9. The van der Waals surface area contributed by atoms with Crippen LogP contribution in [0.1, 0.15) is 23.3 Å². The average Bonchev–Trinajstić information content (AvgIpc) is 3.26. The summed E-state index contributed by atoms with van der Waals surface area (Å²) in [7, 11) is -3.42. The van der Waals surface area contributed by atoms with E-state index in [0.29, 0.717) is 10.8 Å². The predicted octanol–water partition coefficient (Wildman–Crippen LogP) is 3.41. The summed E-state index contributed by atoms with van der Waals surface area (Å²) >= 11 is 1.34. The quantitative estimate of drug-likeness (QED) is 0.853. The number of hydrogen-bond acceptors (Lipinski definition) is 4. The van der Waals surface area contributed by atoms with Crippen LogP contribution in [-0.4, -0.2) is 28.1 Å². The van der Waals surface area contributed by atoms with E-state index in [2.05, 4.69) is 17.0 Å². The molecule has 0 amide bonds. The standard InChI is InChI=1S/C17H20N2O2S2/c1-13-4-7-17(22-13)23(20,21)19-11-8-14-12-15(5-6-16(14)19)18-9-2-3-10-18/h4-7,12H,2-3,8-11H2,1H3. The summed E-state index contributed by atoms with van der Waals surface area (Å²) in [5.41, 5.74) is 3.22. The minimum Gasteiger partial charge on any atom is -0.372 e. The maximum Gasteiger partial charge on any atom is 0.273 e. The molecule has 0 spiro atoms. The lowest BCUT2D eigenvalue weighted by atomic mass is 10.1. The number of fused-ring (bicyclic) bond motifs is 1. The molecule has 2 aliphatic heterocycles. The lowest BCUT2D eigenvalue weighted by molar-refractivity contribution is 0.594. The van der Waals surface area contributed by atoms with Crippen molar-refractivity contribution in [2.24, 2.45) is 0 Å². The number of anilines is 2. The van der Waals surface area contributed by atoms with Gasteiger partial charge in [-0.3, -0.25) is 4.31 Å². The fraction of sp³-hybridized carbons (Fsp3) is 0.412. The zero-order valence-electron chi connectivity index (χ0n) is 13.2. The number of benzene rings is 1. The molecule has 1 saturated heterocycles. The normalized spacial score (nSPS) is 17.8. The molecule has 1 fully saturated rings. The molecule has 0 atom stereocenters. The van der Waals surface area contributed by atoms with E-state index in [1.165, 1.54) is 29.9 Å². The molecule has 3 heterocycles. The molecule has 0 radical (unpaired) electrons. The third-order valence-electron chi connectivity index (χ3n) is 4.65. The number of nitrogens with zero attached hydrogens (tertiary/aromatic N) is 2. The Balaban J connectivity index is 1.68. The Morgan fingerprint density at radius 1 is 1.04 bits per heavy atom. The Kier molecular flexibility index (Phi) is 3.61. The van der Waals surface area contributed by atoms with Crippen LogP contribution in [0.25, 0.3) is 0 Å². The first-order chi connectivity index (χ1) is 11.1. The summed E-state index contributed by atoms with van der Waals surface area (Å²) in [4.78, 5) is 3.41. The summed E-state index contributed by atoms with van der Waals surface area (Å²) in [6.45, 7) is 4.69. The lowest BCUT2D eigenvalue weighted by Gasteiger charge is -2.21. The van der Waals surface area contributed by atoms with Crippen molar-refractivity contribution in [3.63, 3.8) is 0 Å². The summed E-state index contributed by atoms with van der Waals surface area (Å²) in [5.74, 6) is 0. The average molecular weight is 348 g/mol.